The number of hydrogen-bond donors (Lipinski definition) is 1. The van der Waals surface area contributed by atoms with Crippen molar-refractivity contribution in [2.75, 3.05) is 0 Å². The zero-order valence-electron chi connectivity index (χ0n) is 6.19. The summed E-state index contributed by atoms with van der Waals surface area (Å²) in [6.45, 7) is 0. The summed E-state index contributed by atoms with van der Waals surface area (Å²) < 4.78 is 1.34. The van der Waals surface area contributed by atoms with Gasteiger partial charge >= 0.3 is 0 Å². The second-order valence-corrected chi connectivity index (χ2v) is 4.62. The third-order valence-corrected chi connectivity index (χ3v) is 2.80. The second kappa shape index (κ2) is 3.60. The lowest BCUT2D eigenvalue weighted by Gasteiger charge is -1.92. The van der Waals surface area contributed by atoms with Crippen LogP contribution in [0.5, 0.6) is 0 Å². The lowest BCUT2D eigenvalue weighted by Crippen LogP contribution is -1.84. The van der Waals surface area contributed by atoms with Gasteiger partial charge in [-0.25, -0.2) is 9.97 Å². The van der Waals surface area contributed by atoms with Gasteiger partial charge in [0.15, 0.2) is 8.96 Å². The largest absolute Gasteiger partial charge is 0.258 e. The molecule has 2 aromatic rings. The van der Waals surface area contributed by atoms with E-state index in [9.17, 15) is 0 Å². The van der Waals surface area contributed by atoms with Gasteiger partial charge in [-0.1, -0.05) is 11.3 Å². The van der Waals surface area contributed by atoms with Crippen LogP contribution in [-0.2, 0) is 0 Å². The number of H-pyrrole nitrogens is 1. The van der Waals surface area contributed by atoms with Gasteiger partial charge in [-0.05, 0) is 28.1 Å². The first-order chi connectivity index (χ1) is 6.25. The normalized spacial score (nSPS) is 10.2. The maximum atomic E-state index is 4.90. The molecule has 0 radical (unpaired) electrons. The Morgan fingerprint density at radius 1 is 1.38 bits per heavy atom. The number of aromatic nitrogens is 4. The molecule has 7 heteroatoms. The molecule has 0 fully saturated rings. The number of aromatic amines is 1. The minimum absolute atomic E-state index is 0.639. The van der Waals surface area contributed by atoms with Crippen LogP contribution in [0, 0.1) is 3.95 Å². The molecule has 0 aromatic carbocycles. The van der Waals surface area contributed by atoms with Crippen LogP contribution in [0.15, 0.2) is 17.0 Å². The fourth-order valence-electron chi connectivity index (χ4n) is 0.762. The van der Waals surface area contributed by atoms with Gasteiger partial charge < -0.3 is 0 Å². The maximum Gasteiger partial charge on any atom is 0.176 e. The van der Waals surface area contributed by atoms with Gasteiger partial charge in [0.2, 0.25) is 0 Å². The van der Waals surface area contributed by atoms with E-state index >= 15 is 0 Å². The number of nitrogens with zero attached hydrogens (tertiary/aromatic N) is 3. The van der Waals surface area contributed by atoms with Crippen LogP contribution in [0.3, 0.4) is 0 Å². The van der Waals surface area contributed by atoms with E-state index in [4.69, 9.17) is 12.2 Å². The van der Waals surface area contributed by atoms with Crippen LogP contribution in [0.4, 0.5) is 0 Å². The highest BCUT2D eigenvalue weighted by Gasteiger charge is 2.03. The average Bonchev–Trinajstić information content (AvgIpc) is 2.53. The molecule has 0 spiro atoms. The highest BCUT2D eigenvalue weighted by atomic mass is 79.9. The van der Waals surface area contributed by atoms with Crippen LogP contribution in [0.1, 0.15) is 0 Å². The Labute approximate surface area is 91.2 Å². The molecule has 4 nitrogen and oxygen atoms in total. The molecule has 0 aliphatic carbocycles. The first kappa shape index (κ1) is 8.92. The molecule has 2 aromatic heterocycles. The second-order valence-electron chi connectivity index (χ2n) is 2.14. The molecular weight excluding hydrogens is 272 g/mol. The van der Waals surface area contributed by atoms with Crippen molar-refractivity contribution < 1.29 is 0 Å². The quantitative estimate of drug-likeness (QED) is 0.812. The summed E-state index contributed by atoms with van der Waals surface area (Å²) in [5.74, 6) is 0. The molecular formula is C6H3BrN4S2. The Kier molecular flexibility index (Phi) is 2.47. The molecule has 13 heavy (non-hydrogen) atoms. The van der Waals surface area contributed by atoms with Crippen molar-refractivity contribution in [3.63, 3.8) is 0 Å². The molecule has 0 unspecified atom stereocenters. The van der Waals surface area contributed by atoms with Gasteiger partial charge in [-0.2, -0.15) is 5.10 Å². The Bertz CT molecular complexity index is 460. The van der Waals surface area contributed by atoms with Gasteiger partial charge in [0, 0.05) is 0 Å². The number of hydrogen-bond acceptors (Lipinski definition) is 5. The Balaban J connectivity index is 2.47. The zero-order valence-corrected chi connectivity index (χ0v) is 9.41. The zero-order chi connectivity index (χ0) is 9.26. The molecule has 0 amide bonds. The Hall–Kier alpha value is -0.660. The molecule has 0 aliphatic rings. The van der Waals surface area contributed by atoms with Gasteiger partial charge in [0.25, 0.3) is 0 Å². The van der Waals surface area contributed by atoms with Gasteiger partial charge in [-0.15, -0.1) is 0 Å². The Morgan fingerprint density at radius 2 is 2.23 bits per heavy atom. The molecule has 2 rings (SSSR count). The number of halogens is 1. The fourth-order valence-corrected chi connectivity index (χ4v) is 1.82. The van der Waals surface area contributed by atoms with E-state index in [1.165, 1.54) is 11.3 Å². The van der Waals surface area contributed by atoms with Gasteiger partial charge in [-0.3, -0.25) is 5.10 Å². The van der Waals surface area contributed by atoms with Crippen molar-refractivity contribution in [1.29, 1.82) is 0 Å². The Morgan fingerprint density at radius 3 is 2.77 bits per heavy atom. The van der Waals surface area contributed by atoms with E-state index in [0.29, 0.717) is 8.56 Å². The highest BCUT2D eigenvalue weighted by Crippen LogP contribution is 2.18. The molecule has 0 saturated heterocycles. The smallest absolute Gasteiger partial charge is 0.176 e. The first-order valence-corrected chi connectivity index (χ1v) is 5.31. The van der Waals surface area contributed by atoms with Crippen LogP contribution >= 0.6 is 39.5 Å². The van der Waals surface area contributed by atoms with Crippen LogP contribution in [0.25, 0.3) is 10.7 Å². The molecule has 0 saturated carbocycles. The molecule has 66 valence electrons. The van der Waals surface area contributed by atoms with E-state index in [1.54, 1.807) is 12.4 Å². The molecule has 0 bridgehead atoms. The molecule has 0 atom stereocenters. The fraction of sp³-hybridized carbons (Fsp3) is 0. The minimum atomic E-state index is 0.639. The van der Waals surface area contributed by atoms with Crippen molar-refractivity contribution in [3.8, 4) is 10.7 Å². The number of rotatable bonds is 1. The van der Waals surface area contributed by atoms with Crippen molar-refractivity contribution in [3.05, 3.63) is 21.0 Å². The summed E-state index contributed by atoms with van der Waals surface area (Å²) in [6.07, 6.45) is 3.27. The van der Waals surface area contributed by atoms with Crippen LogP contribution < -0.4 is 0 Å². The van der Waals surface area contributed by atoms with Crippen molar-refractivity contribution in [2.45, 2.75) is 0 Å². The maximum absolute atomic E-state index is 4.90. The topological polar surface area (TPSA) is 54.5 Å². The standard InChI is InChI=1S/C6H3BrN4S2/c7-4-2-8-3(1-9-4)5-10-11-6(12)13-5/h1-2H,(H,11,12). The lowest BCUT2D eigenvalue weighted by molar-refractivity contribution is 1.07. The third-order valence-electron chi connectivity index (χ3n) is 1.28. The van der Waals surface area contributed by atoms with Gasteiger partial charge in [0.1, 0.15) is 10.3 Å². The van der Waals surface area contributed by atoms with Crippen LogP contribution in [-0.4, -0.2) is 20.2 Å². The molecule has 0 aliphatic heterocycles. The molecule has 2 heterocycles. The summed E-state index contributed by atoms with van der Waals surface area (Å²) in [5, 5.41) is 7.43. The number of nitrogens with one attached hydrogen (secondary N) is 1. The highest BCUT2D eigenvalue weighted by molar-refractivity contribution is 9.10. The van der Waals surface area contributed by atoms with Gasteiger partial charge in [0.05, 0.1) is 12.4 Å². The van der Waals surface area contributed by atoms with Crippen LogP contribution in [0.2, 0.25) is 0 Å². The van der Waals surface area contributed by atoms with E-state index in [1.807, 2.05) is 0 Å². The summed E-state index contributed by atoms with van der Waals surface area (Å²) in [7, 11) is 0. The van der Waals surface area contributed by atoms with Crippen molar-refractivity contribution in [2.24, 2.45) is 0 Å². The van der Waals surface area contributed by atoms with E-state index < -0.39 is 0 Å². The third kappa shape index (κ3) is 1.98. The van der Waals surface area contributed by atoms with E-state index in [2.05, 4.69) is 36.1 Å². The summed E-state index contributed by atoms with van der Waals surface area (Å²) in [5.41, 5.74) is 0.723. The van der Waals surface area contributed by atoms with E-state index in [0.717, 1.165) is 10.7 Å². The summed E-state index contributed by atoms with van der Waals surface area (Å²) in [6, 6.07) is 0. The van der Waals surface area contributed by atoms with E-state index in [-0.39, 0.29) is 0 Å². The monoisotopic (exact) mass is 274 g/mol. The lowest BCUT2D eigenvalue weighted by atomic mass is 10.5. The SMILES string of the molecule is S=c1[nH]nc(-c2cnc(Br)cn2)s1. The first-order valence-electron chi connectivity index (χ1n) is 3.29. The predicted molar refractivity (Wildman–Crippen MR) is 56.0 cm³/mol. The molecule has 1 N–H and O–H groups in total. The minimum Gasteiger partial charge on any atom is -0.258 e. The summed E-state index contributed by atoms with van der Waals surface area (Å²) in [4.78, 5) is 8.17. The predicted octanol–water partition coefficient (Wildman–Crippen LogP) is 2.42. The average molecular weight is 275 g/mol. The van der Waals surface area contributed by atoms with Crippen molar-refractivity contribution in [1.82, 2.24) is 20.2 Å². The summed E-state index contributed by atoms with van der Waals surface area (Å²) >= 11 is 9.48. The van der Waals surface area contributed by atoms with Crippen molar-refractivity contribution >= 4 is 39.5 Å².